The fourth-order valence-electron chi connectivity index (χ4n) is 1.80. The molecule has 1 aromatic carbocycles. The molecule has 0 unspecified atom stereocenters. The lowest BCUT2D eigenvalue weighted by Gasteiger charge is -2.14. The zero-order valence-corrected chi connectivity index (χ0v) is 14.4. The lowest BCUT2D eigenvalue weighted by molar-refractivity contribution is -0.856. The summed E-state index contributed by atoms with van der Waals surface area (Å²) in [5, 5.41) is 3.40. The summed E-state index contributed by atoms with van der Waals surface area (Å²) < 4.78 is 5.56. The highest BCUT2D eigenvalue weighted by Gasteiger charge is 2.07. The number of quaternary nitrogens is 1. The minimum atomic E-state index is -0.287. The second-order valence-corrected chi connectivity index (χ2v) is 5.80. The molecule has 0 radical (unpaired) electrons. The Kier molecular flexibility index (Phi) is 7.62. The molecule has 0 fully saturated rings. The van der Waals surface area contributed by atoms with Gasteiger partial charge in [-0.1, -0.05) is 18.2 Å². The Morgan fingerprint density at radius 2 is 1.86 bits per heavy atom. The summed E-state index contributed by atoms with van der Waals surface area (Å²) in [6.45, 7) is 5.51. The van der Waals surface area contributed by atoms with E-state index in [9.17, 15) is 4.79 Å². The molecule has 0 aliphatic heterocycles. The molecule has 1 amide bonds. The van der Waals surface area contributed by atoms with Gasteiger partial charge in [-0.25, -0.2) is 0 Å². The van der Waals surface area contributed by atoms with Crippen molar-refractivity contribution in [1.82, 2.24) is 16.2 Å². The highest BCUT2D eigenvalue weighted by molar-refractivity contribution is 7.80. The number of carbonyl (C=O) groups is 1. The van der Waals surface area contributed by atoms with Crippen LogP contribution >= 0.6 is 12.2 Å². The topological polar surface area (TPSA) is 66.8 Å². The Morgan fingerprint density at radius 3 is 2.45 bits per heavy atom. The van der Waals surface area contributed by atoms with Gasteiger partial charge in [-0.2, -0.15) is 0 Å². The Morgan fingerprint density at radius 1 is 1.23 bits per heavy atom. The molecule has 0 aliphatic rings. The van der Waals surface area contributed by atoms with Gasteiger partial charge in [0.1, 0.15) is 5.75 Å². The molecular formula is C15H25N4O2S+. The first-order valence-corrected chi connectivity index (χ1v) is 7.61. The van der Waals surface area contributed by atoms with Crippen LogP contribution in [0.1, 0.15) is 11.1 Å². The predicted molar refractivity (Wildman–Crippen MR) is 91.0 cm³/mol. The summed E-state index contributed by atoms with van der Waals surface area (Å²) in [5.41, 5.74) is 7.17. The second kappa shape index (κ2) is 9.22. The van der Waals surface area contributed by atoms with Crippen molar-refractivity contribution in [2.24, 2.45) is 0 Å². The normalized spacial score (nSPS) is 10.2. The lowest BCUT2D eigenvalue weighted by atomic mass is 10.1. The maximum Gasteiger partial charge on any atom is 0.276 e. The third-order valence-corrected chi connectivity index (χ3v) is 3.23. The average Bonchev–Trinajstić information content (AvgIpc) is 2.44. The number of hydrogen-bond donors (Lipinski definition) is 4. The highest BCUT2D eigenvalue weighted by Crippen LogP contribution is 2.21. The van der Waals surface area contributed by atoms with Gasteiger partial charge < -0.3 is 15.0 Å². The SMILES string of the molecule is Cc1cccc(C)c1OCC(=O)NNC(=S)NCC[NH+](C)C. The first-order chi connectivity index (χ1) is 10.4. The number of hydrazine groups is 1. The number of thiocarbonyl (C=S) groups is 1. The molecule has 6 nitrogen and oxygen atoms in total. The molecule has 0 aliphatic carbocycles. The smallest absolute Gasteiger partial charge is 0.276 e. The summed E-state index contributed by atoms with van der Waals surface area (Å²) in [4.78, 5) is 13.1. The quantitative estimate of drug-likeness (QED) is 0.412. The highest BCUT2D eigenvalue weighted by atomic mass is 32.1. The zero-order chi connectivity index (χ0) is 16.5. The van der Waals surface area contributed by atoms with Crippen molar-refractivity contribution in [3.63, 3.8) is 0 Å². The largest absolute Gasteiger partial charge is 0.483 e. The minimum Gasteiger partial charge on any atom is -0.483 e. The molecule has 4 N–H and O–H groups in total. The van der Waals surface area contributed by atoms with Crippen molar-refractivity contribution in [3.05, 3.63) is 29.3 Å². The summed E-state index contributed by atoms with van der Waals surface area (Å²) in [6, 6.07) is 5.85. The summed E-state index contributed by atoms with van der Waals surface area (Å²) in [6.07, 6.45) is 0. The molecule has 7 heteroatoms. The number of hydrogen-bond acceptors (Lipinski definition) is 3. The average molecular weight is 325 g/mol. The fraction of sp³-hybridized carbons (Fsp3) is 0.467. The van der Waals surface area contributed by atoms with Gasteiger partial charge in [0, 0.05) is 0 Å². The maximum atomic E-state index is 11.7. The third-order valence-electron chi connectivity index (χ3n) is 2.98. The van der Waals surface area contributed by atoms with Crippen molar-refractivity contribution in [2.45, 2.75) is 13.8 Å². The van der Waals surface area contributed by atoms with Crippen LogP contribution in [0.5, 0.6) is 5.75 Å². The van der Waals surface area contributed by atoms with Crippen LogP contribution in [0.15, 0.2) is 18.2 Å². The van der Waals surface area contributed by atoms with Crippen LogP contribution in [-0.4, -0.2) is 44.8 Å². The van der Waals surface area contributed by atoms with Gasteiger partial charge >= 0.3 is 0 Å². The van der Waals surface area contributed by atoms with Crippen LogP contribution in [-0.2, 0) is 4.79 Å². The van der Waals surface area contributed by atoms with Crippen LogP contribution in [0.2, 0.25) is 0 Å². The van der Waals surface area contributed by atoms with Crippen LogP contribution in [0.4, 0.5) is 0 Å². The first-order valence-electron chi connectivity index (χ1n) is 7.21. The number of para-hydroxylation sites is 1. The molecule has 0 saturated heterocycles. The molecule has 0 bridgehead atoms. The standard InChI is InChI=1S/C15H24N4O2S/c1-11-6-5-7-12(2)14(11)21-10-13(20)17-18-15(22)16-8-9-19(3)4/h5-7H,8-10H2,1-4H3,(H,17,20)(H2,16,18,22)/p+1. The minimum absolute atomic E-state index is 0.0663. The number of likely N-dealkylation sites (N-methyl/N-ethyl adjacent to an activating group) is 1. The molecule has 1 rings (SSSR count). The first kappa shape index (κ1) is 18.2. The number of benzene rings is 1. The number of amides is 1. The van der Waals surface area contributed by atoms with E-state index in [-0.39, 0.29) is 12.5 Å². The van der Waals surface area contributed by atoms with Crippen molar-refractivity contribution >= 4 is 23.2 Å². The predicted octanol–water partition coefficient (Wildman–Crippen LogP) is -0.678. The Hall–Kier alpha value is -1.86. The van der Waals surface area contributed by atoms with Gasteiger partial charge in [-0.3, -0.25) is 15.6 Å². The summed E-state index contributed by atoms with van der Waals surface area (Å²) >= 11 is 5.06. The Balaban J connectivity index is 2.28. The lowest BCUT2D eigenvalue weighted by Crippen LogP contribution is -3.06. The van der Waals surface area contributed by atoms with E-state index in [0.717, 1.165) is 30.0 Å². The van der Waals surface area contributed by atoms with E-state index in [2.05, 4.69) is 30.3 Å². The second-order valence-electron chi connectivity index (χ2n) is 5.40. The van der Waals surface area contributed by atoms with E-state index in [1.165, 1.54) is 4.90 Å². The van der Waals surface area contributed by atoms with Crippen molar-refractivity contribution in [2.75, 3.05) is 33.8 Å². The number of aryl methyl sites for hydroxylation is 2. The molecule has 0 spiro atoms. The van der Waals surface area contributed by atoms with Crippen LogP contribution in [0.3, 0.4) is 0 Å². The van der Waals surface area contributed by atoms with Crippen LogP contribution < -0.4 is 25.8 Å². The number of carbonyl (C=O) groups excluding carboxylic acids is 1. The van der Waals surface area contributed by atoms with E-state index in [4.69, 9.17) is 17.0 Å². The molecule has 22 heavy (non-hydrogen) atoms. The van der Waals surface area contributed by atoms with E-state index in [1.54, 1.807) is 0 Å². The fourth-order valence-corrected chi connectivity index (χ4v) is 1.95. The Labute approximate surface area is 137 Å². The third kappa shape index (κ3) is 6.73. The van der Waals surface area contributed by atoms with Gasteiger partial charge in [0.25, 0.3) is 5.91 Å². The van der Waals surface area contributed by atoms with E-state index in [1.807, 2.05) is 32.0 Å². The van der Waals surface area contributed by atoms with Crippen molar-refractivity contribution < 1.29 is 14.4 Å². The zero-order valence-electron chi connectivity index (χ0n) is 13.6. The van der Waals surface area contributed by atoms with Crippen LogP contribution in [0.25, 0.3) is 0 Å². The van der Waals surface area contributed by atoms with Gasteiger partial charge in [-0.05, 0) is 37.2 Å². The van der Waals surface area contributed by atoms with Crippen LogP contribution in [0, 0.1) is 13.8 Å². The van der Waals surface area contributed by atoms with E-state index >= 15 is 0 Å². The molecule has 0 heterocycles. The van der Waals surface area contributed by atoms with Crippen molar-refractivity contribution in [3.8, 4) is 5.75 Å². The van der Waals surface area contributed by atoms with Gasteiger partial charge in [0.15, 0.2) is 11.7 Å². The van der Waals surface area contributed by atoms with Gasteiger partial charge in [0.2, 0.25) is 0 Å². The van der Waals surface area contributed by atoms with Gasteiger partial charge in [0.05, 0.1) is 27.2 Å². The Bertz CT molecular complexity index is 500. The molecule has 0 aromatic heterocycles. The maximum absolute atomic E-state index is 11.7. The molecule has 0 saturated carbocycles. The molecular weight excluding hydrogens is 300 g/mol. The van der Waals surface area contributed by atoms with E-state index < -0.39 is 0 Å². The van der Waals surface area contributed by atoms with Crippen molar-refractivity contribution in [1.29, 1.82) is 0 Å². The number of ether oxygens (including phenoxy) is 1. The summed E-state index contributed by atoms with van der Waals surface area (Å²) in [5.74, 6) is 0.456. The molecule has 122 valence electrons. The molecule has 0 atom stereocenters. The number of nitrogens with one attached hydrogen (secondary N) is 4. The monoisotopic (exact) mass is 325 g/mol. The summed E-state index contributed by atoms with van der Waals surface area (Å²) in [7, 11) is 4.12. The molecule has 1 aromatic rings. The number of rotatable bonds is 6. The van der Waals surface area contributed by atoms with Gasteiger partial charge in [-0.15, -0.1) is 0 Å². The van der Waals surface area contributed by atoms with E-state index in [0.29, 0.717) is 5.11 Å².